The van der Waals surface area contributed by atoms with E-state index in [0.717, 1.165) is 6.54 Å². The molecule has 1 aromatic rings. The van der Waals surface area contributed by atoms with E-state index in [-0.39, 0.29) is 17.0 Å². The van der Waals surface area contributed by atoms with Crippen LogP contribution in [-0.2, 0) is 0 Å². The van der Waals surface area contributed by atoms with Crippen LogP contribution in [-0.4, -0.2) is 25.3 Å². The summed E-state index contributed by atoms with van der Waals surface area (Å²) >= 11 is 1.22. The summed E-state index contributed by atoms with van der Waals surface area (Å²) in [5, 5.41) is 0.666. The van der Waals surface area contributed by atoms with Crippen LogP contribution in [0.1, 0.15) is 40.8 Å². The molecule has 1 aromatic heterocycles. The maximum absolute atomic E-state index is 11.5. The molecule has 1 amide bonds. The van der Waals surface area contributed by atoms with Crippen molar-refractivity contribution in [2.75, 3.05) is 24.2 Å². The first-order valence-electron chi connectivity index (χ1n) is 5.69. The topological polar surface area (TPSA) is 89.4 Å². The van der Waals surface area contributed by atoms with Gasteiger partial charge in [0.1, 0.15) is 5.00 Å². The second kappa shape index (κ2) is 5.39. The number of primary amides is 1. The van der Waals surface area contributed by atoms with E-state index in [9.17, 15) is 9.59 Å². The number of rotatable bonds is 5. The molecule has 0 spiro atoms. The molecule has 1 rings (SSSR count). The minimum absolute atomic E-state index is 0.149. The number of nitrogen functional groups attached to an aromatic ring is 1. The highest BCUT2D eigenvalue weighted by atomic mass is 32.1. The quantitative estimate of drug-likeness (QED) is 0.796. The Bertz CT molecular complexity index is 480. The lowest BCUT2D eigenvalue weighted by Crippen LogP contribution is -2.25. The first-order valence-corrected chi connectivity index (χ1v) is 6.51. The van der Waals surface area contributed by atoms with E-state index in [4.69, 9.17) is 11.5 Å². The van der Waals surface area contributed by atoms with Gasteiger partial charge in [0.25, 0.3) is 5.91 Å². The molecule has 4 N–H and O–H groups in total. The number of amides is 1. The van der Waals surface area contributed by atoms with Crippen LogP contribution >= 0.6 is 11.3 Å². The molecule has 0 atom stereocenters. The Morgan fingerprint density at radius 3 is 2.33 bits per heavy atom. The molecule has 0 bridgehead atoms. The number of hydrogen-bond acceptors (Lipinski definition) is 5. The molecule has 0 aliphatic carbocycles. The van der Waals surface area contributed by atoms with Crippen molar-refractivity contribution in [3.05, 3.63) is 10.4 Å². The van der Waals surface area contributed by atoms with Gasteiger partial charge < -0.3 is 16.4 Å². The zero-order valence-electron chi connectivity index (χ0n) is 11.1. The SMILES string of the molecule is CC(=O)c1sc(N(C)CC(C)C)c(C(N)=O)c1N. The zero-order valence-corrected chi connectivity index (χ0v) is 11.9. The van der Waals surface area contributed by atoms with Gasteiger partial charge in [0.05, 0.1) is 16.1 Å². The number of Topliss-reactive ketones (excluding diaryl/α,β-unsaturated/α-hetero) is 1. The number of carbonyl (C=O) groups excluding carboxylic acids is 2. The van der Waals surface area contributed by atoms with Gasteiger partial charge in [-0.05, 0) is 5.92 Å². The summed E-state index contributed by atoms with van der Waals surface area (Å²) in [4.78, 5) is 25.3. The van der Waals surface area contributed by atoms with Crippen LogP contribution in [0.15, 0.2) is 0 Å². The highest BCUT2D eigenvalue weighted by Crippen LogP contribution is 2.38. The van der Waals surface area contributed by atoms with Crippen LogP contribution < -0.4 is 16.4 Å². The second-order valence-corrected chi connectivity index (χ2v) is 5.72. The Morgan fingerprint density at radius 1 is 1.39 bits per heavy atom. The minimum Gasteiger partial charge on any atom is -0.397 e. The third kappa shape index (κ3) is 2.81. The largest absolute Gasteiger partial charge is 0.397 e. The molecular formula is C12H19N3O2S. The highest BCUT2D eigenvalue weighted by Gasteiger charge is 2.24. The molecule has 0 unspecified atom stereocenters. The third-order valence-corrected chi connectivity index (χ3v) is 3.90. The number of nitrogens with zero attached hydrogens (tertiary/aromatic N) is 1. The van der Waals surface area contributed by atoms with Crippen LogP contribution in [0, 0.1) is 5.92 Å². The fourth-order valence-corrected chi connectivity index (χ4v) is 2.92. The number of nitrogens with two attached hydrogens (primary N) is 2. The number of anilines is 2. The van der Waals surface area contributed by atoms with Crippen molar-refractivity contribution < 1.29 is 9.59 Å². The molecule has 0 aliphatic heterocycles. The Kier molecular flexibility index (Phi) is 4.34. The molecule has 5 nitrogen and oxygen atoms in total. The normalized spacial score (nSPS) is 10.7. The molecule has 0 radical (unpaired) electrons. The summed E-state index contributed by atoms with van der Waals surface area (Å²) in [6.45, 7) is 6.34. The lowest BCUT2D eigenvalue weighted by molar-refractivity contribution is 0.100. The maximum atomic E-state index is 11.5. The summed E-state index contributed by atoms with van der Waals surface area (Å²) in [6.07, 6.45) is 0. The van der Waals surface area contributed by atoms with E-state index in [2.05, 4.69) is 13.8 Å². The first-order chi connectivity index (χ1) is 8.25. The molecular weight excluding hydrogens is 250 g/mol. The second-order valence-electron chi connectivity index (χ2n) is 4.72. The predicted molar refractivity (Wildman–Crippen MR) is 75.4 cm³/mol. The molecule has 100 valence electrons. The summed E-state index contributed by atoms with van der Waals surface area (Å²) in [6, 6.07) is 0. The van der Waals surface area contributed by atoms with Gasteiger partial charge in [-0.2, -0.15) is 0 Å². The van der Waals surface area contributed by atoms with Crippen molar-refractivity contribution >= 4 is 33.7 Å². The fraction of sp³-hybridized carbons (Fsp3) is 0.500. The Labute approximate surface area is 111 Å². The molecule has 0 aliphatic rings. The Morgan fingerprint density at radius 2 is 1.94 bits per heavy atom. The summed E-state index contributed by atoms with van der Waals surface area (Å²) in [7, 11) is 1.86. The predicted octanol–water partition coefficient (Wildman–Crippen LogP) is 1.72. The van der Waals surface area contributed by atoms with Crippen LogP contribution in [0.5, 0.6) is 0 Å². The van der Waals surface area contributed by atoms with E-state index in [0.29, 0.717) is 15.8 Å². The fourth-order valence-electron chi connectivity index (χ4n) is 1.83. The van der Waals surface area contributed by atoms with Crippen LogP contribution in [0.2, 0.25) is 0 Å². The van der Waals surface area contributed by atoms with Crippen molar-refractivity contribution in [1.29, 1.82) is 0 Å². The number of thiophene rings is 1. The Balaban J connectivity index is 3.29. The van der Waals surface area contributed by atoms with Gasteiger partial charge in [0, 0.05) is 20.5 Å². The van der Waals surface area contributed by atoms with Gasteiger partial charge in [0.15, 0.2) is 5.78 Å². The van der Waals surface area contributed by atoms with E-state index in [1.165, 1.54) is 18.3 Å². The maximum Gasteiger partial charge on any atom is 0.253 e. The molecule has 18 heavy (non-hydrogen) atoms. The third-order valence-electron chi connectivity index (χ3n) is 2.48. The zero-order chi connectivity index (χ0) is 14.0. The van der Waals surface area contributed by atoms with Gasteiger partial charge in [-0.3, -0.25) is 9.59 Å². The lowest BCUT2D eigenvalue weighted by Gasteiger charge is -2.20. The smallest absolute Gasteiger partial charge is 0.253 e. The van der Waals surface area contributed by atoms with Crippen molar-refractivity contribution in [1.82, 2.24) is 0 Å². The number of ketones is 1. The summed E-state index contributed by atoms with van der Waals surface area (Å²) in [5.74, 6) is -0.314. The summed E-state index contributed by atoms with van der Waals surface area (Å²) < 4.78 is 0. The van der Waals surface area contributed by atoms with Gasteiger partial charge in [-0.25, -0.2) is 0 Å². The molecule has 0 saturated carbocycles. The molecule has 1 heterocycles. The average molecular weight is 269 g/mol. The van der Waals surface area contributed by atoms with Crippen molar-refractivity contribution in [3.8, 4) is 0 Å². The van der Waals surface area contributed by atoms with Crippen molar-refractivity contribution in [3.63, 3.8) is 0 Å². The molecule has 0 saturated heterocycles. The monoisotopic (exact) mass is 269 g/mol. The molecule has 0 fully saturated rings. The lowest BCUT2D eigenvalue weighted by atomic mass is 10.1. The van der Waals surface area contributed by atoms with Gasteiger partial charge >= 0.3 is 0 Å². The van der Waals surface area contributed by atoms with Gasteiger partial charge in [-0.15, -0.1) is 11.3 Å². The minimum atomic E-state index is -0.596. The molecule has 0 aromatic carbocycles. The summed E-state index contributed by atoms with van der Waals surface area (Å²) in [5.41, 5.74) is 11.6. The van der Waals surface area contributed by atoms with Crippen LogP contribution in [0.3, 0.4) is 0 Å². The van der Waals surface area contributed by atoms with E-state index < -0.39 is 5.91 Å². The first kappa shape index (κ1) is 14.5. The van der Waals surface area contributed by atoms with Crippen molar-refractivity contribution in [2.45, 2.75) is 20.8 Å². The van der Waals surface area contributed by atoms with Crippen molar-refractivity contribution in [2.24, 2.45) is 11.7 Å². The molecule has 6 heteroatoms. The van der Waals surface area contributed by atoms with E-state index in [1.54, 1.807) is 0 Å². The standard InChI is InChI=1S/C12H19N3O2S/c1-6(2)5-15(4)12-8(11(14)17)9(13)10(18-12)7(3)16/h6H,5,13H2,1-4H3,(H2,14,17). The van der Waals surface area contributed by atoms with Gasteiger partial charge in [0.2, 0.25) is 0 Å². The van der Waals surface area contributed by atoms with Gasteiger partial charge in [-0.1, -0.05) is 13.8 Å². The van der Waals surface area contributed by atoms with Crippen LogP contribution in [0.4, 0.5) is 10.7 Å². The Hall–Kier alpha value is -1.56. The van der Waals surface area contributed by atoms with Crippen LogP contribution in [0.25, 0.3) is 0 Å². The van der Waals surface area contributed by atoms with E-state index in [1.807, 2.05) is 11.9 Å². The number of hydrogen-bond donors (Lipinski definition) is 2. The average Bonchev–Trinajstić information content (AvgIpc) is 2.54. The number of carbonyl (C=O) groups is 2. The highest BCUT2D eigenvalue weighted by molar-refractivity contribution is 7.19. The van der Waals surface area contributed by atoms with E-state index >= 15 is 0 Å².